The first-order valence-electron chi connectivity index (χ1n) is 10.4. The highest BCUT2D eigenvalue weighted by molar-refractivity contribution is 5.79. The van der Waals surface area contributed by atoms with E-state index in [0.29, 0.717) is 0 Å². The van der Waals surface area contributed by atoms with Gasteiger partial charge in [-0.25, -0.2) is 9.59 Å². The van der Waals surface area contributed by atoms with Crippen molar-refractivity contribution in [2.24, 2.45) is 0 Å². The second-order valence-electron chi connectivity index (χ2n) is 8.65. The molecule has 170 valence electrons. The summed E-state index contributed by atoms with van der Waals surface area (Å²) < 4.78 is 10.6. The average molecular weight is 440 g/mol. The molecule has 0 aliphatic heterocycles. The number of carboxylic acid groups (broad SMARTS) is 1. The van der Waals surface area contributed by atoms with Gasteiger partial charge in [0, 0.05) is 12.5 Å². The number of rotatable bonds is 7. The Morgan fingerprint density at radius 1 is 0.969 bits per heavy atom. The van der Waals surface area contributed by atoms with E-state index in [9.17, 15) is 14.4 Å². The molecule has 0 unspecified atom stereocenters. The van der Waals surface area contributed by atoms with Gasteiger partial charge in [-0.2, -0.15) is 0 Å². The Kier molecular flexibility index (Phi) is 7.02. The van der Waals surface area contributed by atoms with Gasteiger partial charge in [0.15, 0.2) is 0 Å². The molecule has 8 heteroatoms. The SMILES string of the molecule is CC(C)(C)OC(=O)N[C@H](CNC(=O)OCC1c2ccccc2-c2ccccc21)CC(=O)O. The van der Waals surface area contributed by atoms with Gasteiger partial charge in [0.25, 0.3) is 0 Å². The number of carbonyl (C=O) groups excluding carboxylic acids is 2. The maximum atomic E-state index is 12.3. The van der Waals surface area contributed by atoms with Crippen LogP contribution >= 0.6 is 0 Å². The molecule has 0 spiro atoms. The summed E-state index contributed by atoms with van der Waals surface area (Å²) in [6.07, 6.45) is -1.81. The zero-order chi connectivity index (χ0) is 23.3. The highest BCUT2D eigenvalue weighted by Gasteiger charge is 2.29. The Morgan fingerprint density at radius 2 is 1.53 bits per heavy atom. The molecule has 1 atom stereocenters. The van der Waals surface area contributed by atoms with Gasteiger partial charge in [0.1, 0.15) is 12.2 Å². The van der Waals surface area contributed by atoms with Gasteiger partial charge in [0.2, 0.25) is 0 Å². The molecule has 0 bridgehead atoms. The topological polar surface area (TPSA) is 114 Å². The minimum Gasteiger partial charge on any atom is -0.481 e. The molecule has 1 aliphatic carbocycles. The highest BCUT2D eigenvalue weighted by atomic mass is 16.6. The van der Waals surface area contributed by atoms with E-state index < -0.39 is 29.8 Å². The Morgan fingerprint density at radius 3 is 2.06 bits per heavy atom. The molecule has 0 heterocycles. The van der Waals surface area contributed by atoms with Gasteiger partial charge in [-0.1, -0.05) is 48.5 Å². The smallest absolute Gasteiger partial charge is 0.407 e. The largest absolute Gasteiger partial charge is 0.481 e. The summed E-state index contributed by atoms with van der Waals surface area (Å²) in [5, 5.41) is 14.1. The number of carboxylic acids is 1. The summed E-state index contributed by atoms with van der Waals surface area (Å²) in [6, 6.07) is 15.2. The van der Waals surface area contributed by atoms with Crippen LogP contribution in [0.1, 0.15) is 44.2 Å². The fourth-order valence-corrected chi connectivity index (χ4v) is 3.72. The van der Waals surface area contributed by atoms with Crippen LogP contribution in [-0.4, -0.2) is 48.1 Å². The summed E-state index contributed by atoms with van der Waals surface area (Å²) in [5.74, 6) is -1.19. The Bertz CT molecular complexity index is 952. The van der Waals surface area contributed by atoms with Crippen molar-refractivity contribution >= 4 is 18.2 Å². The number of benzene rings is 2. The summed E-state index contributed by atoms with van der Waals surface area (Å²) in [7, 11) is 0. The number of carbonyl (C=O) groups is 3. The minimum atomic E-state index is -1.11. The second-order valence-corrected chi connectivity index (χ2v) is 8.65. The number of fused-ring (bicyclic) bond motifs is 3. The molecule has 2 amide bonds. The van der Waals surface area contributed by atoms with Gasteiger partial charge in [-0.15, -0.1) is 0 Å². The fourth-order valence-electron chi connectivity index (χ4n) is 3.72. The third-order valence-electron chi connectivity index (χ3n) is 4.98. The molecular formula is C24H28N2O6. The third kappa shape index (κ3) is 6.00. The van der Waals surface area contributed by atoms with Gasteiger partial charge in [-0.05, 0) is 43.0 Å². The molecular weight excluding hydrogens is 412 g/mol. The molecule has 0 saturated carbocycles. The van der Waals surface area contributed by atoms with Crippen LogP contribution in [0.25, 0.3) is 11.1 Å². The first-order valence-corrected chi connectivity index (χ1v) is 10.4. The van der Waals surface area contributed by atoms with Crippen molar-refractivity contribution in [2.45, 2.75) is 44.8 Å². The Hall–Kier alpha value is -3.55. The van der Waals surface area contributed by atoms with Crippen LogP contribution in [0.2, 0.25) is 0 Å². The normalized spacial score (nSPS) is 13.5. The monoisotopic (exact) mass is 440 g/mol. The first-order chi connectivity index (χ1) is 15.1. The molecule has 8 nitrogen and oxygen atoms in total. The number of amides is 2. The van der Waals surface area contributed by atoms with E-state index in [4.69, 9.17) is 14.6 Å². The quantitative estimate of drug-likeness (QED) is 0.602. The summed E-state index contributed by atoms with van der Waals surface area (Å²) >= 11 is 0. The maximum Gasteiger partial charge on any atom is 0.407 e. The molecule has 1 aliphatic rings. The van der Waals surface area contributed by atoms with Crippen molar-refractivity contribution in [2.75, 3.05) is 13.2 Å². The van der Waals surface area contributed by atoms with Crippen LogP contribution in [0.15, 0.2) is 48.5 Å². The summed E-state index contributed by atoms with van der Waals surface area (Å²) in [5.41, 5.74) is 3.71. The number of nitrogens with one attached hydrogen (secondary N) is 2. The van der Waals surface area contributed by atoms with Gasteiger partial charge >= 0.3 is 18.2 Å². The lowest BCUT2D eigenvalue weighted by Crippen LogP contribution is -2.46. The lowest BCUT2D eigenvalue weighted by Gasteiger charge is -2.23. The van der Waals surface area contributed by atoms with E-state index in [1.54, 1.807) is 20.8 Å². The standard InChI is InChI=1S/C24H28N2O6/c1-24(2,3)32-23(30)26-15(12-21(27)28)13-25-22(29)31-14-20-18-10-6-4-8-16(18)17-9-5-7-11-19(17)20/h4-11,15,20H,12-14H2,1-3H3,(H,25,29)(H,26,30)(H,27,28)/t15-/m0/s1. The van der Waals surface area contributed by atoms with Crippen LogP contribution in [-0.2, 0) is 14.3 Å². The van der Waals surface area contributed by atoms with Crippen molar-refractivity contribution in [1.82, 2.24) is 10.6 Å². The third-order valence-corrected chi connectivity index (χ3v) is 4.98. The van der Waals surface area contributed by atoms with Crippen LogP contribution in [0, 0.1) is 0 Å². The van der Waals surface area contributed by atoms with E-state index in [0.717, 1.165) is 22.3 Å². The second kappa shape index (κ2) is 9.72. The van der Waals surface area contributed by atoms with E-state index in [1.807, 2.05) is 48.5 Å². The molecule has 2 aromatic carbocycles. The molecule has 0 saturated heterocycles. The summed E-state index contributed by atoms with van der Waals surface area (Å²) in [6.45, 7) is 5.14. The van der Waals surface area contributed by atoms with Crippen LogP contribution in [0.5, 0.6) is 0 Å². The molecule has 0 fully saturated rings. The van der Waals surface area contributed by atoms with Crippen LogP contribution < -0.4 is 10.6 Å². The fraction of sp³-hybridized carbons (Fsp3) is 0.375. The lowest BCUT2D eigenvalue weighted by molar-refractivity contribution is -0.137. The predicted molar refractivity (Wildman–Crippen MR) is 118 cm³/mol. The van der Waals surface area contributed by atoms with Gasteiger partial charge < -0.3 is 25.2 Å². The molecule has 0 aromatic heterocycles. The van der Waals surface area contributed by atoms with Gasteiger partial charge in [0.05, 0.1) is 12.5 Å². The summed E-state index contributed by atoms with van der Waals surface area (Å²) in [4.78, 5) is 35.4. The molecule has 0 radical (unpaired) electrons. The number of alkyl carbamates (subject to hydrolysis) is 2. The Balaban J connectivity index is 1.57. The van der Waals surface area contributed by atoms with Gasteiger partial charge in [-0.3, -0.25) is 4.79 Å². The van der Waals surface area contributed by atoms with Crippen LogP contribution in [0.3, 0.4) is 0 Å². The van der Waals surface area contributed by atoms with Crippen molar-refractivity contribution in [3.8, 4) is 11.1 Å². The highest BCUT2D eigenvalue weighted by Crippen LogP contribution is 2.44. The van der Waals surface area contributed by atoms with E-state index in [-0.39, 0.29) is 25.5 Å². The number of hydrogen-bond donors (Lipinski definition) is 3. The molecule has 2 aromatic rings. The van der Waals surface area contributed by atoms with Crippen molar-refractivity contribution in [1.29, 1.82) is 0 Å². The van der Waals surface area contributed by atoms with Crippen molar-refractivity contribution < 1.29 is 29.0 Å². The van der Waals surface area contributed by atoms with Crippen molar-refractivity contribution in [3.05, 3.63) is 59.7 Å². The van der Waals surface area contributed by atoms with Crippen LogP contribution in [0.4, 0.5) is 9.59 Å². The number of ether oxygens (including phenoxy) is 2. The number of aliphatic carboxylic acids is 1. The number of hydrogen-bond acceptors (Lipinski definition) is 5. The zero-order valence-electron chi connectivity index (χ0n) is 18.4. The molecule has 3 N–H and O–H groups in total. The van der Waals surface area contributed by atoms with E-state index in [2.05, 4.69) is 10.6 Å². The Labute approximate surface area is 186 Å². The maximum absolute atomic E-state index is 12.3. The minimum absolute atomic E-state index is 0.0807. The zero-order valence-corrected chi connectivity index (χ0v) is 18.4. The van der Waals surface area contributed by atoms with Crippen molar-refractivity contribution in [3.63, 3.8) is 0 Å². The predicted octanol–water partition coefficient (Wildman–Crippen LogP) is 3.89. The first kappa shape index (κ1) is 23.1. The molecule has 3 rings (SSSR count). The van der Waals surface area contributed by atoms with E-state index in [1.165, 1.54) is 0 Å². The average Bonchev–Trinajstić information content (AvgIpc) is 3.02. The van der Waals surface area contributed by atoms with E-state index >= 15 is 0 Å². The lowest BCUT2D eigenvalue weighted by atomic mass is 9.98. The molecule has 32 heavy (non-hydrogen) atoms.